The first-order valence-electron chi connectivity index (χ1n) is 1.51. The monoisotopic (exact) mass is 389 g/mol. The van der Waals surface area contributed by atoms with Gasteiger partial charge in [-0.3, -0.25) is 0 Å². The van der Waals surface area contributed by atoms with Crippen molar-refractivity contribution in [2.24, 2.45) is 0 Å². The summed E-state index contributed by atoms with van der Waals surface area (Å²) in [4.78, 5) is 0. The third-order valence-electron chi connectivity index (χ3n) is 0.280. The van der Waals surface area contributed by atoms with Crippen LogP contribution in [0.2, 0.25) is 0 Å². The maximum atomic E-state index is 2.19. The molecule has 0 aliphatic carbocycles. The van der Waals surface area contributed by atoms with Crippen molar-refractivity contribution in [2.75, 3.05) is 0 Å². The summed E-state index contributed by atoms with van der Waals surface area (Å²) in [5.74, 6) is 0. The molecule has 0 N–H and O–H groups in total. The van der Waals surface area contributed by atoms with Gasteiger partial charge in [0.1, 0.15) is 0 Å². The Morgan fingerprint density at radius 3 is 2.17 bits per heavy atom. The minimum atomic E-state index is 1.17. The van der Waals surface area contributed by atoms with Crippen LogP contribution >= 0.6 is 0 Å². The van der Waals surface area contributed by atoms with Gasteiger partial charge in [0.05, 0.1) is 0 Å². The molecule has 0 rings (SSSR count). The Bertz CT molecular complexity index is 55.9. The van der Waals surface area contributed by atoms with E-state index < -0.39 is 0 Å². The number of rotatable bonds is 1. The van der Waals surface area contributed by atoms with Crippen molar-refractivity contribution in [3.63, 3.8) is 0 Å². The second kappa shape index (κ2) is 6.09. The molecular formula is C4H5BiI-. The summed E-state index contributed by atoms with van der Waals surface area (Å²) in [5, 5.41) is 0. The molecule has 0 amide bonds. The number of hydrogen-bond donors (Lipinski definition) is 0. The first kappa shape index (κ1) is 7.09. The normalized spacial score (nSPS) is 11.7. The molecule has 2 heteroatoms. The fourth-order valence-electron chi connectivity index (χ4n) is 0.0976. The Hall–Kier alpha value is 1.09. The van der Waals surface area contributed by atoms with Gasteiger partial charge in [-0.2, -0.15) is 0 Å². The molecule has 2 radical (unpaired) electrons. The van der Waals surface area contributed by atoms with Crippen LogP contribution in [0, 0.1) is 0 Å². The van der Waals surface area contributed by atoms with E-state index in [9.17, 15) is 0 Å². The topological polar surface area (TPSA) is 0 Å². The van der Waals surface area contributed by atoms with Gasteiger partial charge in [0, 0.05) is 0 Å². The van der Waals surface area contributed by atoms with Crippen molar-refractivity contribution in [1.82, 2.24) is 0 Å². The number of halogens is 1. The van der Waals surface area contributed by atoms with Crippen molar-refractivity contribution in [3.05, 3.63) is 20.0 Å². The van der Waals surface area contributed by atoms with Crippen LogP contribution in [0.5, 0.6) is 0 Å². The summed E-state index contributed by atoms with van der Waals surface area (Å²) in [7, 11) is 0. The van der Waals surface area contributed by atoms with Gasteiger partial charge in [0.25, 0.3) is 0 Å². The molecule has 0 aromatic carbocycles. The number of allylic oxidation sites excluding steroid dienone is 2. The van der Waals surface area contributed by atoms with Crippen LogP contribution in [0.4, 0.5) is 0 Å². The van der Waals surface area contributed by atoms with Gasteiger partial charge < -0.3 is 0 Å². The Morgan fingerprint density at radius 1 is 1.33 bits per heavy atom. The number of hydrogen-bond acceptors (Lipinski definition) is 0. The summed E-state index contributed by atoms with van der Waals surface area (Å²) in [6.45, 7) is 0. The van der Waals surface area contributed by atoms with Crippen molar-refractivity contribution in [1.29, 1.82) is 0 Å². The summed E-state index contributed by atoms with van der Waals surface area (Å²) in [6.07, 6.45) is 4.08. The molecule has 0 unspecified atom stereocenters. The van der Waals surface area contributed by atoms with Crippen LogP contribution in [-0.2, 0) is 0 Å². The Kier molecular flexibility index (Phi) is 7.20. The molecule has 0 atom stereocenters. The van der Waals surface area contributed by atoms with E-state index in [2.05, 4.69) is 32.5 Å². The van der Waals surface area contributed by atoms with Crippen LogP contribution in [0.3, 0.4) is 0 Å². The van der Waals surface area contributed by atoms with E-state index in [0.29, 0.717) is 0 Å². The summed E-state index contributed by atoms with van der Waals surface area (Å²) >= 11 is 3.36. The summed E-state index contributed by atoms with van der Waals surface area (Å²) in [5.41, 5.74) is 0. The van der Waals surface area contributed by atoms with E-state index in [1.807, 2.05) is 10.2 Å². The third-order valence-corrected chi connectivity index (χ3v) is 1.44. The van der Waals surface area contributed by atoms with Gasteiger partial charge in [-0.1, -0.05) is 0 Å². The average molecular weight is 389 g/mol. The fraction of sp³-hybridized carbons (Fsp3) is 0. The molecule has 0 aliphatic rings. The van der Waals surface area contributed by atoms with Crippen LogP contribution in [0.25, 0.3) is 0 Å². The molecule has 0 nitrogen and oxygen atoms in total. The van der Waals surface area contributed by atoms with E-state index in [0.717, 1.165) is 0 Å². The molecule has 0 saturated carbocycles. The van der Waals surface area contributed by atoms with Crippen molar-refractivity contribution in [3.8, 4) is 0 Å². The first-order valence-corrected chi connectivity index (χ1v) is 5.00. The Balaban J connectivity index is 3.07. The van der Waals surface area contributed by atoms with Gasteiger partial charge in [-0.15, -0.1) is 0 Å². The van der Waals surface area contributed by atoms with E-state index in [-0.39, 0.29) is 0 Å². The molecule has 0 spiro atoms. The molecule has 0 fully saturated rings. The van der Waals surface area contributed by atoms with Gasteiger partial charge in [0.15, 0.2) is 0 Å². The quantitative estimate of drug-likeness (QED) is 0.264. The first-order chi connectivity index (χ1) is 2.91. The van der Waals surface area contributed by atoms with Crippen LogP contribution in [0.1, 0.15) is 0 Å². The predicted octanol–water partition coefficient (Wildman–Crippen LogP) is -2.53. The van der Waals surface area contributed by atoms with E-state index >= 15 is 0 Å². The molecule has 0 bridgehead atoms. The van der Waals surface area contributed by atoms with Crippen molar-refractivity contribution in [2.45, 2.75) is 0 Å². The fourth-order valence-corrected chi connectivity index (χ4v) is 0.769. The molecular weight excluding hydrogens is 384 g/mol. The molecule has 0 heterocycles. The average Bonchev–Trinajstić information content (AvgIpc) is 1.61. The molecule has 0 aliphatic heterocycles. The van der Waals surface area contributed by atoms with E-state index in [1.165, 1.54) is 24.7 Å². The molecule has 0 aromatic heterocycles. The van der Waals surface area contributed by atoms with Gasteiger partial charge in [-0.25, -0.2) is 0 Å². The minimum absolute atomic E-state index is 1.17. The SMILES string of the molecule is [I-]C=CC=[CH][BiH]. The standard InChI is InChI=1S/C4H4I.Bi.H/c1-2-3-4-5;;/h1-4H;;/q-1;;. The zero-order valence-corrected chi connectivity index (χ0v) is 9.23. The van der Waals surface area contributed by atoms with Gasteiger partial charge in [0.2, 0.25) is 0 Å². The molecule has 34 valence electrons. The third kappa shape index (κ3) is 5.09. The molecule has 0 aromatic rings. The van der Waals surface area contributed by atoms with Crippen molar-refractivity contribution >= 4 is 24.7 Å². The van der Waals surface area contributed by atoms with Gasteiger partial charge in [-0.05, 0) is 0 Å². The Labute approximate surface area is 66.7 Å². The molecule has 6 heavy (non-hydrogen) atoms. The predicted molar refractivity (Wildman–Crippen MR) is 25.4 cm³/mol. The second-order valence-corrected chi connectivity index (χ2v) is 2.69. The molecule has 0 saturated heterocycles. The summed E-state index contributed by atoms with van der Waals surface area (Å²) < 4.78 is 4.13. The van der Waals surface area contributed by atoms with Crippen LogP contribution < -0.4 is 22.6 Å². The van der Waals surface area contributed by atoms with Crippen molar-refractivity contribution < 1.29 is 22.6 Å². The van der Waals surface area contributed by atoms with E-state index in [1.54, 1.807) is 0 Å². The van der Waals surface area contributed by atoms with Crippen LogP contribution in [0.15, 0.2) is 20.0 Å². The second-order valence-electron chi connectivity index (χ2n) is 0.678. The Morgan fingerprint density at radius 2 is 2.00 bits per heavy atom. The summed E-state index contributed by atoms with van der Waals surface area (Å²) in [6, 6.07) is 0. The zero-order valence-electron chi connectivity index (χ0n) is 3.19. The maximum absolute atomic E-state index is 2.19. The zero-order chi connectivity index (χ0) is 4.83. The van der Waals surface area contributed by atoms with Gasteiger partial charge >= 0.3 is 67.3 Å². The van der Waals surface area contributed by atoms with Crippen LogP contribution in [-0.4, -0.2) is 24.7 Å². The van der Waals surface area contributed by atoms with E-state index in [4.69, 9.17) is 0 Å².